The smallest absolute Gasteiger partial charge is 0.251 e. The fraction of sp³-hybridized carbons (Fsp3) is 0.0833. The number of primary amides is 1. The summed E-state index contributed by atoms with van der Waals surface area (Å²) in [6.07, 6.45) is 0. The highest BCUT2D eigenvalue weighted by Gasteiger charge is 2.23. The van der Waals surface area contributed by atoms with E-state index < -0.39 is 15.7 Å². The Labute approximate surface area is 199 Å². The zero-order chi connectivity index (χ0) is 23.9. The lowest BCUT2D eigenvalue weighted by Crippen LogP contribution is -2.13. The molecular formula is C24H19N5O3S2. The first kappa shape index (κ1) is 21.9. The molecule has 0 aliphatic rings. The minimum absolute atomic E-state index is 0.00692. The third kappa shape index (κ3) is 3.87. The fourth-order valence-electron chi connectivity index (χ4n) is 3.85. The molecule has 0 unspecified atom stereocenters. The SMILES string of the molecule is Cc1nc2c(C(N)=O)cc(S(=O)(=O)c3ccccc3)cc2n1Cc1ccc(-c2csnn2)cc1. The van der Waals surface area contributed by atoms with Crippen LogP contribution in [0.1, 0.15) is 21.7 Å². The number of hydrogen-bond acceptors (Lipinski definition) is 7. The Morgan fingerprint density at radius 3 is 2.41 bits per heavy atom. The molecule has 10 heteroatoms. The van der Waals surface area contributed by atoms with Crippen LogP contribution in [0.15, 0.2) is 81.9 Å². The molecule has 0 aliphatic carbocycles. The maximum Gasteiger partial charge on any atom is 0.251 e. The quantitative estimate of drug-likeness (QED) is 0.387. The molecule has 5 rings (SSSR count). The lowest BCUT2D eigenvalue weighted by atomic mass is 10.1. The molecule has 8 nitrogen and oxygen atoms in total. The minimum Gasteiger partial charge on any atom is -0.366 e. The number of imidazole rings is 1. The van der Waals surface area contributed by atoms with Crippen molar-refractivity contribution in [3.05, 3.63) is 89.1 Å². The molecule has 0 radical (unpaired) electrons. The number of hydrogen-bond donors (Lipinski definition) is 1. The molecule has 0 fully saturated rings. The lowest BCUT2D eigenvalue weighted by molar-refractivity contribution is 0.100. The highest BCUT2D eigenvalue weighted by atomic mass is 32.2. The van der Waals surface area contributed by atoms with Crippen LogP contribution in [0.4, 0.5) is 0 Å². The largest absolute Gasteiger partial charge is 0.366 e. The van der Waals surface area contributed by atoms with E-state index >= 15 is 0 Å². The van der Waals surface area contributed by atoms with Gasteiger partial charge in [0, 0.05) is 17.5 Å². The summed E-state index contributed by atoms with van der Waals surface area (Å²) in [5, 5.41) is 5.96. The van der Waals surface area contributed by atoms with Gasteiger partial charge in [-0.1, -0.05) is 47.0 Å². The maximum atomic E-state index is 13.3. The standard InChI is InChI=1S/C24H19N5O3S2/c1-15-26-23-20(24(25)30)11-19(34(31,32)18-5-3-2-4-6-18)12-22(23)29(15)13-16-7-9-17(10-8-16)21-14-33-28-27-21/h2-12,14H,13H2,1H3,(H2,25,30). The molecule has 2 N–H and O–H groups in total. The molecule has 2 heterocycles. The van der Waals surface area contributed by atoms with E-state index in [4.69, 9.17) is 5.73 Å². The Morgan fingerprint density at radius 1 is 1.03 bits per heavy atom. The third-order valence-electron chi connectivity index (χ3n) is 5.60. The molecule has 0 aliphatic heterocycles. The second-order valence-electron chi connectivity index (χ2n) is 7.75. The van der Waals surface area contributed by atoms with Crippen LogP contribution in [-0.4, -0.2) is 33.5 Å². The summed E-state index contributed by atoms with van der Waals surface area (Å²) >= 11 is 1.29. The number of fused-ring (bicyclic) bond motifs is 1. The van der Waals surface area contributed by atoms with Crippen molar-refractivity contribution in [1.29, 1.82) is 0 Å². The summed E-state index contributed by atoms with van der Waals surface area (Å²) in [4.78, 5) is 16.9. The summed E-state index contributed by atoms with van der Waals surface area (Å²) in [7, 11) is -3.86. The Balaban J connectivity index is 1.62. The number of aromatic nitrogens is 4. The van der Waals surface area contributed by atoms with Gasteiger partial charge in [-0.05, 0) is 48.3 Å². The lowest BCUT2D eigenvalue weighted by Gasteiger charge is -2.11. The van der Waals surface area contributed by atoms with Crippen LogP contribution in [0.2, 0.25) is 0 Å². The van der Waals surface area contributed by atoms with Crippen molar-refractivity contribution in [3.63, 3.8) is 0 Å². The van der Waals surface area contributed by atoms with Crippen molar-refractivity contribution >= 4 is 38.3 Å². The minimum atomic E-state index is -3.86. The molecule has 1 amide bonds. The fourth-order valence-corrected chi connectivity index (χ4v) is 5.64. The van der Waals surface area contributed by atoms with Crippen LogP contribution in [0, 0.1) is 6.92 Å². The van der Waals surface area contributed by atoms with Gasteiger partial charge in [0.15, 0.2) is 0 Å². The second-order valence-corrected chi connectivity index (χ2v) is 10.3. The topological polar surface area (TPSA) is 121 Å². The van der Waals surface area contributed by atoms with E-state index in [0.29, 0.717) is 23.4 Å². The van der Waals surface area contributed by atoms with Crippen molar-refractivity contribution in [2.45, 2.75) is 23.3 Å². The number of sulfone groups is 1. The molecule has 0 atom stereocenters. The van der Waals surface area contributed by atoms with Crippen molar-refractivity contribution in [3.8, 4) is 11.3 Å². The van der Waals surface area contributed by atoms with Crippen LogP contribution in [0.5, 0.6) is 0 Å². The highest BCUT2D eigenvalue weighted by Crippen LogP contribution is 2.29. The Bertz CT molecular complexity index is 1610. The van der Waals surface area contributed by atoms with Crippen LogP contribution in [-0.2, 0) is 16.4 Å². The predicted molar refractivity (Wildman–Crippen MR) is 129 cm³/mol. The second kappa shape index (κ2) is 8.47. The predicted octanol–water partition coefficient (Wildman–Crippen LogP) is 3.84. The first-order valence-corrected chi connectivity index (χ1v) is 12.6. The average molecular weight is 490 g/mol. The van der Waals surface area contributed by atoms with Gasteiger partial charge in [-0.25, -0.2) is 13.4 Å². The van der Waals surface area contributed by atoms with Gasteiger partial charge in [0.05, 0.1) is 20.9 Å². The molecule has 0 saturated carbocycles. The van der Waals surface area contributed by atoms with Gasteiger partial charge in [-0.3, -0.25) is 4.79 Å². The van der Waals surface area contributed by atoms with Gasteiger partial charge in [-0.2, -0.15) is 0 Å². The van der Waals surface area contributed by atoms with Crippen LogP contribution >= 0.6 is 11.5 Å². The Hall–Kier alpha value is -3.89. The van der Waals surface area contributed by atoms with Crippen molar-refractivity contribution < 1.29 is 13.2 Å². The number of rotatable bonds is 6. The number of amides is 1. The Kier molecular flexibility index (Phi) is 5.46. The molecule has 0 spiro atoms. The van der Waals surface area contributed by atoms with Crippen molar-refractivity contribution in [2.75, 3.05) is 0 Å². The molecule has 0 saturated heterocycles. The van der Waals surface area contributed by atoms with Gasteiger partial charge >= 0.3 is 0 Å². The van der Waals surface area contributed by atoms with E-state index in [0.717, 1.165) is 16.8 Å². The van der Waals surface area contributed by atoms with Crippen molar-refractivity contribution in [1.82, 2.24) is 19.1 Å². The molecular weight excluding hydrogens is 470 g/mol. The first-order valence-electron chi connectivity index (χ1n) is 10.3. The van der Waals surface area contributed by atoms with E-state index in [-0.39, 0.29) is 15.4 Å². The maximum absolute atomic E-state index is 13.3. The van der Waals surface area contributed by atoms with Crippen LogP contribution in [0.3, 0.4) is 0 Å². The van der Waals surface area contributed by atoms with Crippen LogP contribution < -0.4 is 5.73 Å². The normalized spacial score (nSPS) is 11.7. The molecule has 34 heavy (non-hydrogen) atoms. The van der Waals surface area contributed by atoms with E-state index in [1.807, 2.05) is 41.1 Å². The summed E-state index contributed by atoms with van der Waals surface area (Å²) in [5.74, 6) is -0.0967. The summed E-state index contributed by atoms with van der Waals surface area (Å²) < 4.78 is 32.3. The molecule has 5 aromatic rings. The van der Waals surface area contributed by atoms with Crippen molar-refractivity contribution in [2.24, 2.45) is 5.73 Å². The molecule has 170 valence electrons. The van der Waals surface area contributed by atoms with Gasteiger partial charge in [0.2, 0.25) is 9.84 Å². The molecule has 3 aromatic carbocycles. The first-order chi connectivity index (χ1) is 16.3. The van der Waals surface area contributed by atoms with E-state index in [9.17, 15) is 13.2 Å². The van der Waals surface area contributed by atoms with Crippen LogP contribution in [0.25, 0.3) is 22.3 Å². The van der Waals surface area contributed by atoms with Gasteiger partial charge < -0.3 is 10.3 Å². The number of nitrogens with zero attached hydrogens (tertiary/aromatic N) is 4. The van der Waals surface area contributed by atoms with Gasteiger partial charge in [0.25, 0.3) is 5.91 Å². The molecule has 2 aromatic heterocycles. The van der Waals surface area contributed by atoms with Gasteiger partial charge in [0.1, 0.15) is 17.0 Å². The Morgan fingerprint density at radius 2 is 1.76 bits per heavy atom. The number of benzene rings is 3. The highest BCUT2D eigenvalue weighted by molar-refractivity contribution is 7.91. The number of carbonyl (C=O) groups excluding carboxylic acids is 1. The number of carbonyl (C=O) groups is 1. The number of nitrogens with two attached hydrogens (primary N) is 1. The van der Waals surface area contributed by atoms with E-state index in [1.165, 1.54) is 29.7 Å². The van der Waals surface area contributed by atoms with E-state index in [2.05, 4.69) is 14.6 Å². The average Bonchev–Trinajstić information content (AvgIpc) is 3.48. The molecule has 0 bridgehead atoms. The zero-order valence-corrected chi connectivity index (χ0v) is 19.7. The zero-order valence-electron chi connectivity index (χ0n) is 18.0. The summed E-state index contributed by atoms with van der Waals surface area (Å²) in [6.45, 7) is 2.25. The van der Waals surface area contributed by atoms with Gasteiger partial charge in [-0.15, -0.1) is 5.10 Å². The third-order valence-corrected chi connectivity index (χ3v) is 7.85. The summed E-state index contributed by atoms with van der Waals surface area (Å²) in [6, 6.07) is 18.8. The number of aryl methyl sites for hydroxylation is 1. The summed E-state index contributed by atoms with van der Waals surface area (Å²) in [5.41, 5.74) is 9.32. The van der Waals surface area contributed by atoms with E-state index in [1.54, 1.807) is 24.3 Å². The monoisotopic (exact) mass is 489 g/mol.